The molecule has 1 aromatic rings. The number of nitrogens with zero attached hydrogens (tertiary/aromatic N) is 1. The summed E-state index contributed by atoms with van der Waals surface area (Å²) < 4.78 is 20.8. The lowest BCUT2D eigenvalue weighted by atomic mass is 10.2. The molecule has 1 heterocycles. The molecule has 0 radical (unpaired) electrons. The molecule has 8 nitrogen and oxygen atoms in total. The highest BCUT2D eigenvalue weighted by molar-refractivity contribution is 7.64. The van der Waals surface area contributed by atoms with Gasteiger partial charge < -0.3 is 9.47 Å². The molecular weight excluding hydrogens is 361 g/mol. The van der Waals surface area contributed by atoms with E-state index in [0.29, 0.717) is 5.69 Å². The lowest BCUT2D eigenvalue weighted by Gasteiger charge is -2.21. The zero-order valence-electron chi connectivity index (χ0n) is 15.3. The molecule has 0 aromatic carbocycles. The Labute approximate surface area is 152 Å². The van der Waals surface area contributed by atoms with Gasteiger partial charge in [0.1, 0.15) is 0 Å². The third-order valence-electron chi connectivity index (χ3n) is 3.10. The maximum Gasteiger partial charge on any atom is 0.310 e. The Hall–Kier alpha value is -1.98. The highest BCUT2D eigenvalue weighted by atomic mass is 31.2. The second-order valence-electron chi connectivity index (χ2n) is 5.97. The van der Waals surface area contributed by atoms with Crippen molar-refractivity contribution in [1.82, 2.24) is 4.98 Å². The third-order valence-corrected chi connectivity index (χ3v) is 5.17. The van der Waals surface area contributed by atoms with E-state index in [-0.39, 0.29) is 18.0 Å². The van der Waals surface area contributed by atoms with Crippen LogP contribution in [0.4, 0.5) is 0 Å². The summed E-state index contributed by atoms with van der Waals surface area (Å²) in [6, 6.07) is 5.17. The summed E-state index contributed by atoms with van der Waals surface area (Å²) in [6.07, 6.45) is 1.57. The lowest BCUT2D eigenvalue weighted by Crippen LogP contribution is -2.16. The molecule has 9 heteroatoms. The summed E-state index contributed by atoms with van der Waals surface area (Å²) in [4.78, 5) is 38.8. The number of esters is 2. The van der Waals surface area contributed by atoms with Crippen LogP contribution in [0.1, 0.15) is 33.4 Å². The van der Waals surface area contributed by atoms with Gasteiger partial charge in [-0.25, -0.2) is 4.79 Å². The summed E-state index contributed by atoms with van der Waals surface area (Å²) in [6.45, 7) is 5.76. The van der Waals surface area contributed by atoms with Gasteiger partial charge in [-0.3, -0.25) is 23.6 Å². The molecule has 26 heavy (non-hydrogen) atoms. The maximum atomic E-state index is 11.6. The first-order chi connectivity index (χ1) is 12.3. The number of pyridine rings is 1. The highest BCUT2D eigenvalue weighted by Crippen LogP contribution is 2.51. The van der Waals surface area contributed by atoms with Gasteiger partial charge >= 0.3 is 11.9 Å². The smallest absolute Gasteiger partial charge is 0.310 e. The number of ether oxygens (including phenoxy) is 2. The molecule has 0 aliphatic rings. The highest BCUT2D eigenvalue weighted by Gasteiger charge is 2.25. The van der Waals surface area contributed by atoms with E-state index in [1.807, 2.05) is 0 Å². The summed E-state index contributed by atoms with van der Waals surface area (Å²) in [5.41, 5.74) is 2.30. The molecule has 0 aliphatic heterocycles. The summed E-state index contributed by atoms with van der Waals surface area (Å²) in [5.74, 6) is -1.62. The van der Waals surface area contributed by atoms with Crippen LogP contribution in [0.15, 0.2) is 24.4 Å². The average Bonchev–Trinajstić information content (AvgIpc) is 2.61. The van der Waals surface area contributed by atoms with E-state index in [1.165, 1.54) is 0 Å². The van der Waals surface area contributed by atoms with Crippen LogP contribution < -0.4 is 0 Å². The van der Waals surface area contributed by atoms with Gasteiger partial charge in [0.05, 0.1) is 18.0 Å². The minimum absolute atomic E-state index is 0.00972. The Morgan fingerprint density at radius 1 is 1.04 bits per heavy atom. The number of aromatic nitrogens is 1. The number of carbonyl (C=O) groups is 2. The Morgan fingerprint density at radius 2 is 1.58 bits per heavy atom. The van der Waals surface area contributed by atoms with E-state index in [2.05, 4.69) is 4.98 Å². The predicted molar refractivity (Wildman–Crippen MR) is 94.3 cm³/mol. The van der Waals surface area contributed by atoms with Crippen molar-refractivity contribution >= 4 is 24.9 Å². The van der Waals surface area contributed by atoms with Crippen molar-refractivity contribution in [2.45, 2.75) is 33.9 Å². The van der Waals surface area contributed by atoms with Crippen LogP contribution in [-0.4, -0.2) is 36.2 Å². The normalized spacial score (nSPS) is 11.3. The van der Waals surface area contributed by atoms with Gasteiger partial charge in [-0.05, 0) is 12.1 Å². The van der Waals surface area contributed by atoms with E-state index in [9.17, 15) is 14.4 Å². The van der Waals surface area contributed by atoms with Gasteiger partial charge in [0.25, 0.3) is 0 Å². The van der Waals surface area contributed by atoms with Crippen LogP contribution in [-0.2, 0) is 39.1 Å². The SMILES string of the molecule is CC(C)C(=O)OCOP(=C=O)(Cc1ccccn1)OCOC(=O)C(C)C. The fourth-order valence-electron chi connectivity index (χ4n) is 1.59. The second-order valence-corrected chi connectivity index (χ2v) is 8.34. The van der Waals surface area contributed by atoms with E-state index in [4.69, 9.17) is 18.5 Å². The van der Waals surface area contributed by atoms with Gasteiger partial charge in [-0.15, -0.1) is 0 Å². The van der Waals surface area contributed by atoms with E-state index < -0.39 is 32.9 Å². The molecule has 0 amide bonds. The summed E-state index contributed by atoms with van der Waals surface area (Å²) >= 11 is 0. The van der Waals surface area contributed by atoms with Crippen LogP contribution >= 0.6 is 7.34 Å². The zero-order chi connectivity index (χ0) is 19.6. The predicted octanol–water partition coefficient (Wildman–Crippen LogP) is 2.84. The van der Waals surface area contributed by atoms with E-state index >= 15 is 0 Å². The first-order valence-electron chi connectivity index (χ1n) is 8.09. The molecule has 0 bridgehead atoms. The summed E-state index contributed by atoms with van der Waals surface area (Å²) in [7, 11) is -3.29. The van der Waals surface area contributed by atoms with E-state index in [0.717, 1.165) is 0 Å². The first-order valence-corrected chi connectivity index (χ1v) is 9.90. The molecule has 144 valence electrons. The fourth-order valence-corrected chi connectivity index (χ4v) is 3.08. The number of hydrogen-bond acceptors (Lipinski definition) is 8. The first kappa shape index (κ1) is 22.1. The van der Waals surface area contributed by atoms with Gasteiger partial charge in [0.15, 0.2) is 19.2 Å². The van der Waals surface area contributed by atoms with Crippen molar-refractivity contribution in [2.75, 3.05) is 13.6 Å². The average molecular weight is 385 g/mol. The topological polar surface area (TPSA) is 101 Å². The Kier molecular flexibility index (Phi) is 9.24. The molecular formula is C17H24NO7P. The van der Waals surface area contributed by atoms with Gasteiger partial charge in [-0.1, -0.05) is 33.8 Å². The molecule has 0 saturated carbocycles. The number of hydrogen-bond donors (Lipinski definition) is 0. The monoisotopic (exact) mass is 385 g/mol. The van der Waals surface area contributed by atoms with Crippen molar-refractivity contribution in [1.29, 1.82) is 0 Å². The molecule has 1 aromatic heterocycles. The maximum absolute atomic E-state index is 11.6. The van der Waals surface area contributed by atoms with Gasteiger partial charge in [-0.2, -0.15) is 0 Å². The molecule has 0 atom stereocenters. The van der Waals surface area contributed by atoms with Crippen LogP contribution in [0.3, 0.4) is 0 Å². The molecule has 0 saturated heterocycles. The van der Waals surface area contributed by atoms with Crippen LogP contribution in [0.25, 0.3) is 0 Å². The molecule has 0 spiro atoms. The van der Waals surface area contributed by atoms with Gasteiger partial charge in [0.2, 0.25) is 7.34 Å². The van der Waals surface area contributed by atoms with E-state index in [1.54, 1.807) is 57.8 Å². The Balaban J connectivity index is 2.82. The van der Waals surface area contributed by atoms with Crippen molar-refractivity contribution in [3.05, 3.63) is 30.1 Å². The van der Waals surface area contributed by atoms with Crippen molar-refractivity contribution < 1.29 is 32.9 Å². The van der Waals surface area contributed by atoms with Gasteiger partial charge in [0, 0.05) is 11.9 Å². The summed E-state index contributed by atoms with van der Waals surface area (Å²) in [5, 5.41) is 0. The minimum Gasteiger partial charge on any atom is -0.438 e. The fraction of sp³-hybridized carbons (Fsp3) is 0.529. The Morgan fingerprint density at radius 3 is 1.96 bits per heavy atom. The lowest BCUT2D eigenvalue weighted by molar-refractivity contribution is -0.155. The quantitative estimate of drug-likeness (QED) is 0.344. The molecule has 1 rings (SSSR count). The van der Waals surface area contributed by atoms with Crippen molar-refractivity contribution in [2.24, 2.45) is 11.8 Å². The molecule has 0 fully saturated rings. The second kappa shape index (κ2) is 10.9. The third kappa shape index (κ3) is 7.50. The van der Waals surface area contributed by atoms with Crippen LogP contribution in [0.2, 0.25) is 0 Å². The van der Waals surface area contributed by atoms with Crippen molar-refractivity contribution in [3.63, 3.8) is 0 Å². The van der Waals surface area contributed by atoms with Crippen molar-refractivity contribution in [3.8, 4) is 0 Å². The zero-order valence-corrected chi connectivity index (χ0v) is 16.2. The molecule has 0 N–H and O–H groups in total. The minimum atomic E-state index is -3.29. The van der Waals surface area contributed by atoms with Crippen LogP contribution in [0.5, 0.6) is 0 Å². The standard InChI is InChI=1S/C17H24NO7P/c1-13(2)16(20)22-11-24-26(10-19,9-15-7-5-6-8-18-15)25-12-23-17(21)14(3)4/h5-8,13-14H,9,11-12H2,1-4H3. The molecule has 0 unspecified atom stereocenters. The number of carbonyl (C=O) groups excluding carboxylic acids is 3. The number of rotatable bonds is 10. The van der Waals surface area contributed by atoms with Crippen LogP contribution in [0, 0.1) is 11.8 Å². The Bertz CT molecular complexity index is 639. The largest absolute Gasteiger partial charge is 0.438 e. The molecule has 0 aliphatic carbocycles.